The molecule has 0 aliphatic carbocycles. The van der Waals surface area contributed by atoms with E-state index < -0.39 is 0 Å². The minimum absolute atomic E-state index is 0.350. The Bertz CT molecular complexity index is 453. The van der Waals surface area contributed by atoms with Crippen molar-refractivity contribution in [1.29, 1.82) is 0 Å². The standard InChI is InChI=1S/C15H20O4/c1-10(2)4-5-11(3)9-17-15(16)13-8-12-6-7-14(13)19-18-12/h6-8,10-11H,4-5,9H2,1-3H3. The van der Waals surface area contributed by atoms with Gasteiger partial charge >= 0.3 is 5.97 Å². The molecule has 0 amide bonds. The van der Waals surface area contributed by atoms with E-state index in [1.807, 2.05) is 0 Å². The van der Waals surface area contributed by atoms with E-state index in [2.05, 4.69) is 20.8 Å². The van der Waals surface area contributed by atoms with Gasteiger partial charge in [0.1, 0.15) is 5.56 Å². The lowest BCUT2D eigenvalue weighted by atomic mass is 10.0. The van der Waals surface area contributed by atoms with Crippen LogP contribution < -0.4 is 9.78 Å². The summed E-state index contributed by atoms with van der Waals surface area (Å²) in [7, 11) is 0. The topological polar surface area (TPSA) is 44.8 Å². The second kappa shape index (κ2) is 5.95. The lowest BCUT2D eigenvalue weighted by Gasteiger charge is -2.17. The van der Waals surface area contributed by atoms with Crippen LogP contribution in [-0.2, 0) is 4.74 Å². The van der Waals surface area contributed by atoms with E-state index >= 15 is 0 Å². The predicted octanol–water partition coefficient (Wildman–Crippen LogP) is 3.60. The van der Waals surface area contributed by atoms with Gasteiger partial charge in [0.2, 0.25) is 0 Å². The van der Waals surface area contributed by atoms with Crippen molar-refractivity contribution in [3.63, 3.8) is 0 Å². The van der Waals surface area contributed by atoms with Crippen LogP contribution in [0.4, 0.5) is 0 Å². The average molecular weight is 264 g/mol. The van der Waals surface area contributed by atoms with E-state index in [0.717, 1.165) is 12.8 Å². The Morgan fingerprint density at radius 3 is 2.53 bits per heavy atom. The Balaban J connectivity index is 1.83. The number of esters is 1. The van der Waals surface area contributed by atoms with Gasteiger partial charge < -0.3 is 4.74 Å². The third kappa shape index (κ3) is 3.63. The molecule has 4 nitrogen and oxygen atoms in total. The number of rotatable bonds is 6. The van der Waals surface area contributed by atoms with Crippen LogP contribution in [0.1, 0.15) is 44.0 Å². The van der Waals surface area contributed by atoms with E-state index in [-0.39, 0.29) is 5.97 Å². The third-order valence-electron chi connectivity index (χ3n) is 3.13. The molecule has 3 rings (SSSR count). The molecule has 19 heavy (non-hydrogen) atoms. The number of fused-ring (bicyclic) bond motifs is 3. The molecule has 0 fully saturated rings. The fraction of sp³-hybridized carbons (Fsp3) is 0.533. The van der Waals surface area contributed by atoms with Gasteiger partial charge in [0, 0.05) is 6.07 Å². The zero-order valence-electron chi connectivity index (χ0n) is 11.6. The lowest BCUT2D eigenvalue weighted by Crippen LogP contribution is -2.17. The largest absolute Gasteiger partial charge is 0.462 e. The number of hydrogen-bond acceptors (Lipinski definition) is 4. The molecule has 0 N–H and O–H groups in total. The minimum Gasteiger partial charge on any atom is -0.462 e. The van der Waals surface area contributed by atoms with Crippen molar-refractivity contribution in [2.75, 3.05) is 6.61 Å². The summed E-state index contributed by atoms with van der Waals surface area (Å²) >= 11 is 0. The first kappa shape index (κ1) is 13.7. The zero-order chi connectivity index (χ0) is 13.8. The summed E-state index contributed by atoms with van der Waals surface area (Å²) < 4.78 is 5.32. The molecule has 0 radical (unpaired) electrons. The minimum atomic E-state index is -0.350. The lowest BCUT2D eigenvalue weighted by molar-refractivity contribution is -0.108. The summed E-state index contributed by atoms with van der Waals surface area (Å²) in [4.78, 5) is 21.7. The van der Waals surface area contributed by atoms with Crippen LogP contribution in [0, 0.1) is 11.8 Å². The highest BCUT2D eigenvalue weighted by atomic mass is 17.2. The van der Waals surface area contributed by atoms with Crippen molar-refractivity contribution in [2.45, 2.75) is 33.6 Å². The second-order valence-corrected chi connectivity index (χ2v) is 5.50. The smallest absolute Gasteiger partial charge is 0.342 e. The highest BCUT2D eigenvalue weighted by Gasteiger charge is 2.22. The fourth-order valence-electron chi connectivity index (χ4n) is 1.88. The Morgan fingerprint density at radius 1 is 1.21 bits per heavy atom. The highest BCUT2D eigenvalue weighted by molar-refractivity contribution is 5.93. The monoisotopic (exact) mass is 264 g/mol. The van der Waals surface area contributed by atoms with E-state index in [9.17, 15) is 4.79 Å². The summed E-state index contributed by atoms with van der Waals surface area (Å²) in [5, 5.41) is 0. The van der Waals surface area contributed by atoms with Gasteiger partial charge in [-0.1, -0.05) is 27.2 Å². The highest BCUT2D eigenvalue weighted by Crippen LogP contribution is 2.30. The normalized spacial score (nSPS) is 13.9. The SMILES string of the molecule is CC(C)CCC(C)COC(=O)c1cc2ccc1OO2. The van der Waals surface area contributed by atoms with Crippen LogP contribution in [0.25, 0.3) is 0 Å². The molecular formula is C15H20O4. The van der Waals surface area contributed by atoms with Crippen LogP contribution in [0.15, 0.2) is 18.2 Å². The van der Waals surface area contributed by atoms with Gasteiger partial charge in [-0.05, 0) is 30.4 Å². The maximum atomic E-state index is 11.9. The van der Waals surface area contributed by atoms with Crippen molar-refractivity contribution in [3.05, 3.63) is 23.8 Å². The zero-order valence-corrected chi connectivity index (χ0v) is 11.6. The van der Waals surface area contributed by atoms with E-state index in [1.165, 1.54) is 0 Å². The molecule has 1 atom stereocenters. The molecule has 1 aromatic rings. The molecule has 0 spiro atoms. The van der Waals surface area contributed by atoms with Crippen LogP contribution in [0.5, 0.6) is 11.5 Å². The first-order valence-electron chi connectivity index (χ1n) is 6.72. The summed E-state index contributed by atoms with van der Waals surface area (Å²) in [6.07, 6.45) is 2.22. The summed E-state index contributed by atoms with van der Waals surface area (Å²) in [5.41, 5.74) is 0.430. The van der Waals surface area contributed by atoms with Crippen LogP contribution >= 0.6 is 0 Å². The number of benzene rings is 1. The summed E-state index contributed by atoms with van der Waals surface area (Å²) in [5.74, 6) is 1.64. The Labute approximate surface area is 113 Å². The van der Waals surface area contributed by atoms with Gasteiger partial charge in [-0.15, -0.1) is 0 Å². The molecular weight excluding hydrogens is 244 g/mol. The Kier molecular flexibility index (Phi) is 4.30. The number of ether oxygens (including phenoxy) is 1. The van der Waals surface area contributed by atoms with Gasteiger partial charge in [0.05, 0.1) is 6.61 Å². The first-order valence-corrected chi connectivity index (χ1v) is 6.72. The van der Waals surface area contributed by atoms with E-state index in [0.29, 0.717) is 35.5 Å². The van der Waals surface area contributed by atoms with E-state index in [4.69, 9.17) is 14.5 Å². The maximum Gasteiger partial charge on any atom is 0.342 e. The van der Waals surface area contributed by atoms with E-state index in [1.54, 1.807) is 18.2 Å². The molecule has 1 aromatic carbocycles. The molecule has 104 valence electrons. The molecule has 2 aliphatic rings. The summed E-state index contributed by atoms with van der Waals surface area (Å²) in [6, 6.07) is 5.10. The quantitative estimate of drug-likeness (QED) is 0.581. The van der Waals surface area contributed by atoms with Gasteiger partial charge in [0.15, 0.2) is 11.5 Å². The Hall–Kier alpha value is -1.71. The van der Waals surface area contributed by atoms with Crippen molar-refractivity contribution >= 4 is 5.97 Å². The summed E-state index contributed by atoms with van der Waals surface area (Å²) in [6.45, 7) is 6.92. The van der Waals surface area contributed by atoms with Crippen molar-refractivity contribution in [2.24, 2.45) is 11.8 Å². The van der Waals surface area contributed by atoms with Gasteiger partial charge in [-0.2, -0.15) is 0 Å². The molecule has 0 saturated heterocycles. The molecule has 2 bridgehead atoms. The van der Waals surface area contributed by atoms with Gasteiger partial charge in [-0.25, -0.2) is 4.79 Å². The number of carbonyl (C=O) groups is 1. The van der Waals surface area contributed by atoms with Gasteiger partial charge in [0.25, 0.3) is 0 Å². The molecule has 2 heterocycles. The molecule has 2 aliphatic heterocycles. The van der Waals surface area contributed by atoms with Crippen LogP contribution in [0.3, 0.4) is 0 Å². The molecule has 1 unspecified atom stereocenters. The average Bonchev–Trinajstić information content (AvgIpc) is 2.43. The fourth-order valence-corrected chi connectivity index (χ4v) is 1.88. The Morgan fingerprint density at radius 2 is 2.00 bits per heavy atom. The third-order valence-corrected chi connectivity index (χ3v) is 3.13. The van der Waals surface area contributed by atoms with Crippen molar-refractivity contribution < 1.29 is 19.3 Å². The molecule has 0 aromatic heterocycles. The van der Waals surface area contributed by atoms with Crippen molar-refractivity contribution in [3.8, 4) is 11.5 Å². The molecule has 0 saturated carbocycles. The number of carbonyl (C=O) groups excluding carboxylic acids is 1. The second-order valence-electron chi connectivity index (χ2n) is 5.50. The first-order chi connectivity index (χ1) is 9.06. The van der Waals surface area contributed by atoms with Crippen LogP contribution in [-0.4, -0.2) is 12.6 Å². The van der Waals surface area contributed by atoms with Crippen LogP contribution in [0.2, 0.25) is 0 Å². The maximum absolute atomic E-state index is 11.9. The molecule has 4 heteroatoms. The van der Waals surface area contributed by atoms with Crippen molar-refractivity contribution in [1.82, 2.24) is 0 Å². The number of hydrogen-bond donors (Lipinski definition) is 0. The predicted molar refractivity (Wildman–Crippen MR) is 71.2 cm³/mol. The van der Waals surface area contributed by atoms with Gasteiger partial charge in [-0.3, -0.25) is 9.78 Å².